The Morgan fingerprint density at radius 3 is 2.58 bits per heavy atom. The summed E-state index contributed by atoms with van der Waals surface area (Å²) in [5.74, 6) is -0.0224. The first-order chi connectivity index (χ1) is 9.11. The number of carbonyl (C=O) groups excluding carboxylic acids is 1. The highest BCUT2D eigenvalue weighted by atomic mass is 16.6. The zero-order chi connectivity index (χ0) is 13.8. The van der Waals surface area contributed by atoms with E-state index in [4.69, 9.17) is 9.47 Å². The molecule has 1 saturated carbocycles. The SMILES string of the molecule is COc1ccc([N+](=O)[O-])cc1OC(=O)C1CCCC1. The van der Waals surface area contributed by atoms with E-state index in [1.165, 1.54) is 25.3 Å². The number of hydrogen-bond donors (Lipinski definition) is 0. The van der Waals surface area contributed by atoms with Crippen LogP contribution in [0.1, 0.15) is 25.7 Å². The van der Waals surface area contributed by atoms with E-state index in [0.717, 1.165) is 25.7 Å². The van der Waals surface area contributed by atoms with Gasteiger partial charge in [0.05, 0.1) is 24.0 Å². The van der Waals surface area contributed by atoms with Crippen molar-refractivity contribution < 1.29 is 19.2 Å². The van der Waals surface area contributed by atoms with Crippen molar-refractivity contribution in [2.45, 2.75) is 25.7 Å². The average Bonchev–Trinajstić information content (AvgIpc) is 2.92. The molecule has 0 atom stereocenters. The molecular formula is C13H15NO5. The maximum absolute atomic E-state index is 11.9. The van der Waals surface area contributed by atoms with Crippen LogP contribution in [0.25, 0.3) is 0 Å². The summed E-state index contributed by atoms with van der Waals surface area (Å²) in [6.07, 6.45) is 3.67. The van der Waals surface area contributed by atoms with E-state index >= 15 is 0 Å². The van der Waals surface area contributed by atoms with Crippen molar-refractivity contribution in [3.8, 4) is 11.5 Å². The Morgan fingerprint density at radius 2 is 2.00 bits per heavy atom. The summed E-state index contributed by atoms with van der Waals surface area (Å²) in [4.78, 5) is 22.1. The topological polar surface area (TPSA) is 78.7 Å². The average molecular weight is 265 g/mol. The Morgan fingerprint density at radius 1 is 1.32 bits per heavy atom. The van der Waals surface area contributed by atoms with Gasteiger partial charge in [0.25, 0.3) is 5.69 Å². The maximum Gasteiger partial charge on any atom is 0.314 e. The molecule has 0 unspecified atom stereocenters. The molecule has 1 aliphatic rings. The molecule has 6 heteroatoms. The minimum absolute atomic E-state index is 0.105. The maximum atomic E-state index is 11.9. The number of benzene rings is 1. The molecule has 0 heterocycles. The van der Waals surface area contributed by atoms with Crippen LogP contribution in [0.15, 0.2) is 18.2 Å². The number of carbonyl (C=O) groups is 1. The predicted octanol–water partition coefficient (Wildman–Crippen LogP) is 2.70. The molecule has 2 rings (SSSR count). The van der Waals surface area contributed by atoms with Crippen molar-refractivity contribution in [1.82, 2.24) is 0 Å². The summed E-state index contributed by atoms with van der Waals surface area (Å²) in [5, 5.41) is 10.7. The second-order valence-corrected chi connectivity index (χ2v) is 4.49. The van der Waals surface area contributed by atoms with E-state index in [0.29, 0.717) is 5.75 Å². The van der Waals surface area contributed by atoms with Crippen LogP contribution >= 0.6 is 0 Å². The monoisotopic (exact) mass is 265 g/mol. The number of nitro groups is 1. The van der Waals surface area contributed by atoms with Gasteiger partial charge in [-0.1, -0.05) is 12.8 Å². The van der Waals surface area contributed by atoms with Gasteiger partial charge in [-0.15, -0.1) is 0 Å². The summed E-state index contributed by atoms with van der Waals surface area (Å²) in [5.41, 5.74) is -0.130. The molecule has 0 amide bonds. The third-order valence-corrected chi connectivity index (χ3v) is 3.26. The minimum Gasteiger partial charge on any atom is -0.493 e. The molecule has 0 spiro atoms. The molecule has 1 aromatic rings. The fraction of sp³-hybridized carbons (Fsp3) is 0.462. The zero-order valence-electron chi connectivity index (χ0n) is 10.6. The van der Waals surface area contributed by atoms with Gasteiger partial charge >= 0.3 is 5.97 Å². The lowest BCUT2D eigenvalue weighted by Gasteiger charge is -2.11. The number of nitrogens with zero attached hydrogens (tertiary/aromatic N) is 1. The number of nitro benzene ring substituents is 1. The van der Waals surface area contributed by atoms with Crippen molar-refractivity contribution in [2.24, 2.45) is 5.92 Å². The molecule has 0 aliphatic heterocycles. The van der Waals surface area contributed by atoms with Crippen molar-refractivity contribution >= 4 is 11.7 Å². The van der Waals surface area contributed by atoms with Crippen molar-refractivity contribution in [3.63, 3.8) is 0 Å². The standard InChI is InChI=1S/C13H15NO5/c1-18-11-7-6-10(14(16)17)8-12(11)19-13(15)9-4-2-3-5-9/h6-9H,2-5H2,1H3. The molecule has 1 aromatic carbocycles. The molecule has 1 fully saturated rings. The molecule has 102 valence electrons. The number of non-ortho nitro benzene ring substituents is 1. The van der Waals surface area contributed by atoms with Crippen molar-refractivity contribution in [3.05, 3.63) is 28.3 Å². The predicted molar refractivity (Wildman–Crippen MR) is 67.2 cm³/mol. The number of rotatable bonds is 4. The van der Waals surface area contributed by atoms with E-state index in [1.54, 1.807) is 0 Å². The third kappa shape index (κ3) is 3.01. The summed E-state index contributed by atoms with van der Waals surface area (Å²) in [6.45, 7) is 0. The minimum atomic E-state index is -0.535. The molecule has 0 radical (unpaired) electrons. The highest BCUT2D eigenvalue weighted by molar-refractivity contribution is 5.76. The van der Waals surface area contributed by atoms with E-state index in [2.05, 4.69) is 0 Å². The number of hydrogen-bond acceptors (Lipinski definition) is 5. The highest BCUT2D eigenvalue weighted by Crippen LogP contribution is 2.33. The first-order valence-corrected chi connectivity index (χ1v) is 6.16. The van der Waals surface area contributed by atoms with Crippen LogP contribution in [-0.4, -0.2) is 18.0 Å². The van der Waals surface area contributed by atoms with Gasteiger partial charge in [0.15, 0.2) is 11.5 Å². The second-order valence-electron chi connectivity index (χ2n) is 4.49. The van der Waals surface area contributed by atoms with Crippen molar-refractivity contribution in [2.75, 3.05) is 7.11 Å². The van der Waals surface area contributed by atoms with Gasteiger partial charge in [0, 0.05) is 6.07 Å². The van der Waals surface area contributed by atoms with E-state index in [1.807, 2.05) is 0 Å². The van der Waals surface area contributed by atoms with Crippen LogP contribution in [-0.2, 0) is 4.79 Å². The summed E-state index contributed by atoms with van der Waals surface area (Å²) in [6, 6.07) is 3.95. The van der Waals surface area contributed by atoms with Crippen LogP contribution in [0.4, 0.5) is 5.69 Å². The molecule has 6 nitrogen and oxygen atoms in total. The van der Waals surface area contributed by atoms with E-state index < -0.39 is 4.92 Å². The summed E-state index contributed by atoms with van der Waals surface area (Å²) < 4.78 is 10.3. The van der Waals surface area contributed by atoms with Gasteiger partial charge < -0.3 is 9.47 Å². The normalized spacial score (nSPS) is 15.2. The molecule has 0 aromatic heterocycles. The Hall–Kier alpha value is -2.11. The Bertz CT molecular complexity index is 494. The molecule has 19 heavy (non-hydrogen) atoms. The quantitative estimate of drug-likeness (QED) is 0.362. The Labute approximate surface area is 110 Å². The van der Waals surface area contributed by atoms with Gasteiger partial charge in [-0.05, 0) is 18.9 Å². The lowest BCUT2D eigenvalue weighted by atomic mass is 10.1. The van der Waals surface area contributed by atoms with Crippen LogP contribution in [0, 0.1) is 16.0 Å². The van der Waals surface area contributed by atoms with Crippen LogP contribution in [0.2, 0.25) is 0 Å². The zero-order valence-corrected chi connectivity index (χ0v) is 10.6. The Kier molecular flexibility index (Phi) is 3.99. The number of methoxy groups -OCH3 is 1. The van der Waals surface area contributed by atoms with Gasteiger partial charge in [-0.3, -0.25) is 14.9 Å². The van der Waals surface area contributed by atoms with E-state index in [-0.39, 0.29) is 23.3 Å². The highest BCUT2D eigenvalue weighted by Gasteiger charge is 2.26. The lowest BCUT2D eigenvalue weighted by molar-refractivity contribution is -0.384. The molecule has 1 aliphatic carbocycles. The van der Waals surface area contributed by atoms with Gasteiger partial charge in [-0.25, -0.2) is 0 Å². The van der Waals surface area contributed by atoms with Gasteiger partial charge in [0.2, 0.25) is 0 Å². The van der Waals surface area contributed by atoms with Crippen LogP contribution in [0.5, 0.6) is 11.5 Å². The van der Waals surface area contributed by atoms with Gasteiger partial charge in [-0.2, -0.15) is 0 Å². The van der Waals surface area contributed by atoms with Crippen LogP contribution < -0.4 is 9.47 Å². The third-order valence-electron chi connectivity index (χ3n) is 3.26. The Balaban J connectivity index is 2.19. The van der Waals surface area contributed by atoms with E-state index in [9.17, 15) is 14.9 Å². The van der Waals surface area contributed by atoms with Crippen molar-refractivity contribution in [1.29, 1.82) is 0 Å². The number of ether oxygens (including phenoxy) is 2. The summed E-state index contributed by atoms with van der Waals surface area (Å²) in [7, 11) is 1.42. The van der Waals surface area contributed by atoms with Crippen LogP contribution in [0.3, 0.4) is 0 Å². The lowest BCUT2D eigenvalue weighted by Crippen LogP contribution is -2.18. The molecule has 0 bridgehead atoms. The fourth-order valence-electron chi connectivity index (χ4n) is 2.21. The molecule has 0 N–H and O–H groups in total. The fourth-order valence-corrected chi connectivity index (χ4v) is 2.21. The summed E-state index contributed by atoms with van der Waals surface area (Å²) >= 11 is 0. The first kappa shape index (κ1) is 13.3. The molecular weight excluding hydrogens is 250 g/mol. The smallest absolute Gasteiger partial charge is 0.314 e. The largest absolute Gasteiger partial charge is 0.493 e. The second kappa shape index (κ2) is 5.69. The number of esters is 1. The molecule has 0 saturated heterocycles. The first-order valence-electron chi connectivity index (χ1n) is 6.16. The van der Waals surface area contributed by atoms with Gasteiger partial charge in [0.1, 0.15) is 0 Å².